The van der Waals surface area contributed by atoms with Crippen LogP contribution in [-0.4, -0.2) is 23.5 Å². The summed E-state index contributed by atoms with van der Waals surface area (Å²) in [5.41, 5.74) is 6.78. The molecule has 0 aliphatic rings. The van der Waals surface area contributed by atoms with Crippen molar-refractivity contribution in [2.45, 2.75) is 33.2 Å². The summed E-state index contributed by atoms with van der Waals surface area (Å²) >= 11 is 0. The summed E-state index contributed by atoms with van der Waals surface area (Å²) in [5.74, 6) is 0.400. The van der Waals surface area contributed by atoms with Crippen LogP contribution in [-0.2, 0) is 4.79 Å². The molecule has 1 amide bonds. The lowest BCUT2D eigenvalue weighted by molar-refractivity contribution is -0.120. The minimum absolute atomic E-state index is 0.0209. The number of nitrogens with two attached hydrogens (primary N) is 1. The van der Waals surface area contributed by atoms with E-state index in [9.17, 15) is 4.79 Å². The quantitative estimate of drug-likeness (QED) is 0.846. The van der Waals surface area contributed by atoms with Gasteiger partial charge in [0.2, 0.25) is 5.91 Å². The number of nitrogens with zero attached hydrogens (tertiary/aromatic N) is 2. The van der Waals surface area contributed by atoms with E-state index in [2.05, 4.69) is 18.8 Å². The standard InChI is InChI=1S/C13H21N3O/c1-4-16(11-5-7-15-8-6-11)13(17)12(14)9-10(2)3/h5-8,10,12H,4,9,14H2,1-3H3/t12-/m1/s1. The Labute approximate surface area is 103 Å². The van der Waals surface area contributed by atoms with Crippen molar-refractivity contribution in [3.63, 3.8) is 0 Å². The molecular formula is C13H21N3O. The Hall–Kier alpha value is -1.42. The maximum atomic E-state index is 12.2. The van der Waals surface area contributed by atoms with Crippen molar-refractivity contribution in [2.24, 2.45) is 11.7 Å². The highest BCUT2D eigenvalue weighted by Crippen LogP contribution is 2.14. The number of carbonyl (C=O) groups excluding carboxylic acids is 1. The number of amides is 1. The van der Waals surface area contributed by atoms with Crippen LogP contribution in [0.3, 0.4) is 0 Å². The molecule has 0 aliphatic carbocycles. The maximum Gasteiger partial charge on any atom is 0.243 e. The van der Waals surface area contributed by atoms with Crippen molar-refractivity contribution in [3.8, 4) is 0 Å². The van der Waals surface area contributed by atoms with Crippen LogP contribution in [0.2, 0.25) is 0 Å². The summed E-state index contributed by atoms with van der Waals surface area (Å²) in [4.78, 5) is 17.8. The number of likely N-dealkylation sites (N-methyl/N-ethyl adjacent to an activating group) is 1. The van der Waals surface area contributed by atoms with Crippen molar-refractivity contribution >= 4 is 11.6 Å². The predicted octanol–water partition coefficient (Wildman–Crippen LogP) is 1.81. The van der Waals surface area contributed by atoms with Gasteiger partial charge in [-0.3, -0.25) is 9.78 Å². The molecule has 94 valence electrons. The Balaban J connectivity index is 2.78. The maximum absolute atomic E-state index is 12.2. The fourth-order valence-electron chi connectivity index (χ4n) is 1.80. The monoisotopic (exact) mass is 235 g/mol. The first-order valence-electron chi connectivity index (χ1n) is 6.03. The Morgan fingerprint density at radius 3 is 2.47 bits per heavy atom. The summed E-state index contributed by atoms with van der Waals surface area (Å²) < 4.78 is 0. The number of carbonyl (C=O) groups is 1. The Kier molecular flexibility index (Phi) is 5.10. The molecule has 1 aromatic rings. The molecule has 1 atom stereocenters. The predicted molar refractivity (Wildman–Crippen MR) is 69.7 cm³/mol. The fraction of sp³-hybridized carbons (Fsp3) is 0.538. The first kappa shape index (κ1) is 13.6. The van der Waals surface area contributed by atoms with E-state index in [1.54, 1.807) is 17.3 Å². The summed E-state index contributed by atoms with van der Waals surface area (Å²) in [6.45, 7) is 6.70. The average molecular weight is 235 g/mol. The van der Waals surface area contributed by atoms with Gasteiger partial charge >= 0.3 is 0 Å². The highest BCUT2D eigenvalue weighted by molar-refractivity contribution is 5.96. The highest BCUT2D eigenvalue weighted by Gasteiger charge is 2.21. The molecule has 17 heavy (non-hydrogen) atoms. The van der Waals surface area contributed by atoms with Crippen LogP contribution in [0.15, 0.2) is 24.5 Å². The smallest absolute Gasteiger partial charge is 0.243 e. The number of anilines is 1. The molecule has 0 saturated heterocycles. The van der Waals surface area contributed by atoms with Crippen LogP contribution in [0.5, 0.6) is 0 Å². The minimum Gasteiger partial charge on any atom is -0.320 e. The SMILES string of the molecule is CCN(C(=O)[C@H](N)CC(C)C)c1ccncc1. The van der Waals surface area contributed by atoms with Crippen molar-refractivity contribution < 1.29 is 4.79 Å². The van der Waals surface area contributed by atoms with Crippen LogP contribution < -0.4 is 10.6 Å². The second kappa shape index (κ2) is 6.35. The zero-order valence-electron chi connectivity index (χ0n) is 10.8. The normalized spacial score (nSPS) is 12.5. The van der Waals surface area contributed by atoms with E-state index in [1.165, 1.54) is 0 Å². The molecule has 4 nitrogen and oxygen atoms in total. The molecular weight excluding hydrogens is 214 g/mol. The van der Waals surface area contributed by atoms with Crippen molar-refractivity contribution in [1.29, 1.82) is 0 Å². The van der Waals surface area contributed by atoms with Gasteiger partial charge in [-0.1, -0.05) is 13.8 Å². The molecule has 0 bridgehead atoms. The first-order chi connectivity index (χ1) is 8.06. The van der Waals surface area contributed by atoms with E-state index in [0.29, 0.717) is 18.9 Å². The zero-order valence-corrected chi connectivity index (χ0v) is 10.8. The second-order valence-electron chi connectivity index (χ2n) is 4.52. The molecule has 1 rings (SSSR count). The van der Waals surface area contributed by atoms with Gasteiger partial charge in [-0.05, 0) is 31.4 Å². The summed E-state index contributed by atoms with van der Waals surface area (Å²) in [6, 6.07) is 3.22. The summed E-state index contributed by atoms with van der Waals surface area (Å²) in [7, 11) is 0. The van der Waals surface area contributed by atoms with Gasteiger partial charge in [0, 0.05) is 24.6 Å². The van der Waals surface area contributed by atoms with Gasteiger partial charge in [0.15, 0.2) is 0 Å². The zero-order chi connectivity index (χ0) is 12.8. The Morgan fingerprint density at radius 2 is 2.00 bits per heavy atom. The second-order valence-corrected chi connectivity index (χ2v) is 4.52. The third-order valence-electron chi connectivity index (χ3n) is 2.60. The van der Waals surface area contributed by atoms with E-state index >= 15 is 0 Å². The summed E-state index contributed by atoms with van der Waals surface area (Å²) in [6.07, 6.45) is 4.07. The molecule has 4 heteroatoms. The van der Waals surface area contributed by atoms with Crippen LogP contribution in [0, 0.1) is 5.92 Å². The van der Waals surface area contributed by atoms with E-state index in [0.717, 1.165) is 5.69 Å². The van der Waals surface area contributed by atoms with E-state index in [4.69, 9.17) is 5.73 Å². The van der Waals surface area contributed by atoms with Gasteiger partial charge in [-0.15, -0.1) is 0 Å². The lowest BCUT2D eigenvalue weighted by atomic mass is 10.0. The topological polar surface area (TPSA) is 59.2 Å². The molecule has 0 unspecified atom stereocenters. The number of hydrogen-bond acceptors (Lipinski definition) is 3. The molecule has 1 heterocycles. The van der Waals surface area contributed by atoms with E-state index < -0.39 is 6.04 Å². The first-order valence-corrected chi connectivity index (χ1v) is 6.03. The fourth-order valence-corrected chi connectivity index (χ4v) is 1.80. The molecule has 0 spiro atoms. The van der Waals surface area contributed by atoms with Gasteiger partial charge in [0.1, 0.15) is 0 Å². The number of pyridine rings is 1. The molecule has 0 radical (unpaired) electrons. The van der Waals surface area contributed by atoms with Crippen LogP contribution in [0.4, 0.5) is 5.69 Å². The highest BCUT2D eigenvalue weighted by atomic mass is 16.2. The van der Waals surface area contributed by atoms with Crippen molar-refractivity contribution in [2.75, 3.05) is 11.4 Å². The van der Waals surface area contributed by atoms with Gasteiger partial charge < -0.3 is 10.6 Å². The van der Waals surface area contributed by atoms with E-state index in [1.807, 2.05) is 19.1 Å². The number of aromatic nitrogens is 1. The average Bonchev–Trinajstić information content (AvgIpc) is 2.30. The summed E-state index contributed by atoms with van der Waals surface area (Å²) in [5, 5.41) is 0. The molecule has 0 aromatic carbocycles. The van der Waals surface area contributed by atoms with Gasteiger partial charge in [0.25, 0.3) is 0 Å². The van der Waals surface area contributed by atoms with Crippen molar-refractivity contribution in [3.05, 3.63) is 24.5 Å². The molecule has 0 fully saturated rings. The minimum atomic E-state index is -0.428. The van der Waals surface area contributed by atoms with Gasteiger partial charge in [-0.2, -0.15) is 0 Å². The third-order valence-corrected chi connectivity index (χ3v) is 2.60. The van der Waals surface area contributed by atoms with Crippen molar-refractivity contribution in [1.82, 2.24) is 4.98 Å². The molecule has 0 aliphatic heterocycles. The lowest BCUT2D eigenvalue weighted by Gasteiger charge is -2.25. The van der Waals surface area contributed by atoms with Crippen LogP contribution in [0.25, 0.3) is 0 Å². The molecule has 2 N–H and O–H groups in total. The Bertz CT molecular complexity index is 351. The van der Waals surface area contributed by atoms with E-state index in [-0.39, 0.29) is 5.91 Å². The Morgan fingerprint density at radius 1 is 1.41 bits per heavy atom. The lowest BCUT2D eigenvalue weighted by Crippen LogP contribution is -2.44. The number of hydrogen-bond donors (Lipinski definition) is 1. The van der Waals surface area contributed by atoms with Gasteiger partial charge in [0.05, 0.1) is 6.04 Å². The molecule has 1 aromatic heterocycles. The third kappa shape index (κ3) is 3.82. The van der Waals surface area contributed by atoms with Gasteiger partial charge in [-0.25, -0.2) is 0 Å². The largest absolute Gasteiger partial charge is 0.320 e. The molecule has 0 saturated carbocycles. The number of rotatable bonds is 5. The van der Waals surface area contributed by atoms with Crippen LogP contribution >= 0.6 is 0 Å². The van der Waals surface area contributed by atoms with Crippen LogP contribution in [0.1, 0.15) is 27.2 Å².